The number of pyridine rings is 1. The Labute approximate surface area is 102 Å². The van der Waals surface area contributed by atoms with Crippen LogP contribution < -0.4 is 5.32 Å². The summed E-state index contributed by atoms with van der Waals surface area (Å²) in [5, 5.41) is 12.5. The van der Waals surface area contributed by atoms with E-state index in [0.29, 0.717) is 5.69 Å². The predicted octanol–water partition coefficient (Wildman–Crippen LogP) is 3.16. The Hall–Kier alpha value is -1.58. The van der Waals surface area contributed by atoms with Crippen LogP contribution in [0.15, 0.2) is 18.5 Å². The van der Waals surface area contributed by atoms with E-state index in [1.54, 1.807) is 6.20 Å². The van der Waals surface area contributed by atoms with E-state index in [0.717, 1.165) is 19.3 Å². The van der Waals surface area contributed by atoms with Crippen LogP contribution in [0, 0.1) is 0 Å². The third kappa shape index (κ3) is 2.96. The first-order chi connectivity index (χ1) is 8.08. The number of rotatable bonds is 6. The van der Waals surface area contributed by atoms with Crippen LogP contribution in [0.3, 0.4) is 0 Å². The maximum atomic E-state index is 11.1. The van der Waals surface area contributed by atoms with Crippen LogP contribution in [-0.2, 0) is 0 Å². The van der Waals surface area contributed by atoms with E-state index in [2.05, 4.69) is 31.1 Å². The number of carbonyl (C=O) groups is 1. The Morgan fingerprint density at radius 2 is 1.94 bits per heavy atom. The average Bonchev–Trinajstić information content (AvgIpc) is 2.36. The van der Waals surface area contributed by atoms with E-state index in [9.17, 15) is 4.79 Å². The van der Waals surface area contributed by atoms with Crippen molar-refractivity contribution in [2.75, 3.05) is 5.32 Å². The van der Waals surface area contributed by atoms with Gasteiger partial charge >= 0.3 is 5.97 Å². The molecule has 0 atom stereocenters. The van der Waals surface area contributed by atoms with Crippen molar-refractivity contribution in [2.24, 2.45) is 0 Å². The third-order valence-corrected chi connectivity index (χ3v) is 3.48. The molecule has 0 amide bonds. The number of hydrogen-bond donors (Lipinski definition) is 2. The van der Waals surface area contributed by atoms with Gasteiger partial charge in [-0.25, -0.2) is 4.79 Å². The molecule has 4 nitrogen and oxygen atoms in total. The normalized spacial score (nSPS) is 11.2. The van der Waals surface area contributed by atoms with Crippen molar-refractivity contribution in [1.29, 1.82) is 0 Å². The molecule has 0 radical (unpaired) electrons. The minimum Gasteiger partial charge on any atom is -0.478 e. The lowest BCUT2D eigenvalue weighted by Gasteiger charge is -2.33. The molecule has 17 heavy (non-hydrogen) atoms. The molecule has 1 aromatic heterocycles. The number of hydrogen-bond acceptors (Lipinski definition) is 3. The number of aromatic nitrogens is 1. The fourth-order valence-electron chi connectivity index (χ4n) is 1.98. The number of carboxylic acid groups (broad SMARTS) is 1. The maximum absolute atomic E-state index is 11.1. The van der Waals surface area contributed by atoms with Gasteiger partial charge in [0.2, 0.25) is 0 Å². The first-order valence-electron chi connectivity index (χ1n) is 6.04. The fraction of sp³-hybridized carbons (Fsp3) is 0.538. The summed E-state index contributed by atoms with van der Waals surface area (Å²) < 4.78 is 0. The van der Waals surface area contributed by atoms with Crippen molar-refractivity contribution in [3.8, 4) is 0 Å². The molecule has 0 unspecified atom stereocenters. The Bertz CT molecular complexity index is 378. The zero-order chi connectivity index (χ0) is 12.9. The first kappa shape index (κ1) is 13.5. The van der Waals surface area contributed by atoms with Gasteiger partial charge in [0.15, 0.2) is 0 Å². The van der Waals surface area contributed by atoms with Crippen LogP contribution >= 0.6 is 0 Å². The van der Waals surface area contributed by atoms with Gasteiger partial charge < -0.3 is 10.4 Å². The summed E-state index contributed by atoms with van der Waals surface area (Å²) in [6.07, 6.45) is 5.94. The van der Waals surface area contributed by atoms with Crippen molar-refractivity contribution < 1.29 is 9.90 Å². The molecule has 2 N–H and O–H groups in total. The molecule has 4 heteroatoms. The second-order valence-electron chi connectivity index (χ2n) is 4.19. The van der Waals surface area contributed by atoms with Crippen LogP contribution in [0.5, 0.6) is 0 Å². The highest BCUT2D eigenvalue weighted by Gasteiger charge is 2.25. The van der Waals surface area contributed by atoms with E-state index >= 15 is 0 Å². The molecule has 1 rings (SSSR count). The molecule has 1 aromatic rings. The van der Waals surface area contributed by atoms with Gasteiger partial charge in [-0.3, -0.25) is 4.98 Å². The van der Waals surface area contributed by atoms with Crippen molar-refractivity contribution in [3.05, 3.63) is 24.0 Å². The molecule has 94 valence electrons. The van der Waals surface area contributed by atoms with Crippen LogP contribution in [0.25, 0.3) is 0 Å². The molecule has 0 fully saturated rings. The van der Waals surface area contributed by atoms with Crippen molar-refractivity contribution in [2.45, 2.75) is 45.6 Å². The topological polar surface area (TPSA) is 62.2 Å². The molecule has 0 aliphatic carbocycles. The van der Waals surface area contributed by atoms with Gasteiger partial charge in [0.1, 0.15) is 0 Å². The average molecular weight is 236 g/mol. The molecule has 0 aliphatic heterocycles. The SMILES string of the molecule is CCC(CC)(CC)Nc1cnccc1C(=O)O. The van der Waals surface area contributed by atoms with E-state index in [1.165, 1.54) is 12.3 Å². The Kier molecular flexibility index (Phi) is 4.49. The third-order valence-electron chi connectivity index (χ3n) is 3.48. The van der Waals surface area contributed by atoms with Gasteiger partial charge in [-0.1, -0.05) is 20.8 Å². The minimum atomic E-state index is -0.924. The van der Waals surface area contributed by atoms with Crippen molar-refractivity contribution in [3.63, 3.8) is 0 Å². The van der Waals surface area contributed by atoms with Gasteiger partial charge in [-0.2, -0.15) is 0 Å². The zero-order valence-electron chi connectivity index (χ0n) is 10.7. The summed E-state index contributed by atoms with van der Waals surface area (Å²) in [5.74, 6) is -0.924. The largest absolute Gasteiger partial charge is 0.478 e. The minimum absolute atomic E-state index is 0.0484. The maximum Gasteiger partial charge on any atom is 0.337 e. The van der Waals surface area contributed by atoms with Crippen molar-refractivity contribution in [1.82, 2.24) is 4.98 Å². The van der Waals surface area contributed by atoms with Gasteiger partial charge in [-0.05, 0) is 25.3 Å². The van der Waals surface area contributed by atoms with E-state index in [-0.39, 0.29) is 11.1 Å². The van der Waals surface area contributed by atoms with Crippen LogP contribution in [0.4, 0.5) is 5.69 Å². The molecular weight excluding hydrogens is 216 g/mol. The predicted molar refractivity (Wildman–Crippen MR) is 68.4 cm³/mol. The molecule has 0 aliphatic rings. The van der Waals surface area contributed by atoms with Crippen LogP contribution in [0.2, 0.25) is 0 Å². The Balaban J connectivity index is 3.05. The van der Waals surface area contributed by atoms with Crippen LogP contribution in [0.1, 0.15) is 50.4 Å². The molecule has 0 saturated carbocycles. The standard InChI is InChI=1S/C13H20N2O2/c1-4-13(5-2,6-3)15-11-9-14-8-7-10(11)12(16)17/h7-9,15H,4-6H2,1-3H3,(H,16,17). The molecule has 0 spiro atoms. The van der Waals surface area contributed by atoms with E-state index in [1.807, 2.05) is 0 Å². The molecular formula is C13H20N2O2. The second kappa shape index (κ2) is 5.66. The quantitative estimate of drug-likeness (QED) is 0.796. The van der Waals surface area contributed by atoms with Crippen LogP contribution in [-0.4, -0.2) is 21.6 Å². The summed E-state index contributed by atoms with van der Waals surface area (Å²) in [7, 11) is 0. The number of carboxylic acids is 1. The summed E-state index contributed by atoms with van der Waals surface area (Å²) in [4.78, 5) is 15.1. The van der Waals surface area contributed by atoms with Gasteiger partial charge in [0, 0.05) is 11.7 Å². The lowest BCUT2D eigenvalue weighted by molar-refractivity contribution is 0.0697. The molecule has 0 saturated heterocycles. The Morgan fingerprint density at radius 3 is 2.41 bits per heavy atom. The summed E-state index contributed by atoms with van der Waals surface area (Å²) in [5.41, 5.74) is 0.832. The summed E-state index contributed by atoms with van der Waals surface area (Å²) in [6.45, 7) is 6.32. The number of anilines is 1. The lowest BCUT2D eigenvalue weighted by Crippen LogP contribution is -2.36. The summed E-state index contributed by atoms with van der Waals surface area (Å²) in [6, 6.07) is 1.52. The molecule has 0 bridgehead atoms. The van der Waals surface area contributed by atoms with Gasteiger partial charge in [0.05, 0.1) is 17.4 Å². The van der Waals surface area contributed by atoms with E-state index in [4.69, 9.17) is 5.11 Å². The number of nitrogens with one attached hydrogen (secondary N) is 1. The molecule has 1 heterocycles. The number of nitrogens with zero attached hydrogens (tertiary/aromatic N) is 1. The van der Waals surface area contributed by atoms with Crippen molar-refractivity contribution >= 4 is 11.7 Å². The number of aromatic carboxylic acids is 1. The second-order valence-corrected chi connectivity index (χ2v) is 4.19. The van der Waals surface area contributed by atoms with Gasteiger partial charge in [0.25, 0.3) is 0 Å². The molecule has 0 aromatic carbocycles. The first-order valence-corrected chi connectivity index (χ1v) is 6.04. The smallest absolute Gasteiger partial charge is 0.337 e. The Morgan fingerprint density at radius 1 is 1.35 bits per heavy atom. The monoisotopic (exact) mass is 236 g/mol. The highest BCUT2D eigenvalue weighted by molar-refractivity contribution is 5.93. The highest BCUT2D eigenvalue weighted by atomic mass is 16.4. The zero-order valence-corrected chi connectivity index (χ0v) is 10.7. The summed E-state index contributed by atoms with van der Waals surface area (Å²) >= 11 is 0. The lowest BCUT2D eigenvalue weighted by atomic mass is 9.89. The fourth-order valence-corrected chi connectivity index (χ4v) is 1.98. The highest BCUT2D eigenvalue weighted by Crippen LogP contribution is 2.27. The van der Waals surface area contributed by atoms with E-state index < -0.39 is 5.97 Å². The van der Waals surface area contributed by atoms with Gasteiger partial charge in [-0.15, -0.1) is 0 Å².